The van der Waals surface area contributed by atoms with Gasteiger partial charge in [0.1, 0.15) is 10.6 Å². The molecule has 2 aromatic carbocycles. The molecule has 25 heavy (non-hydrogen) atoms. The van der Waals surface area contributed by atoms with Gasteiger partial charge in [-0.3, -0.25) is 10.1 Å². The van der Waals surface area contributed by atoms with Crippen molar-refractivity contribution >= 4 is 26.8 Å². The number of nitro groups is 1. The van der Waals surface area contributed by atoms with Gasteiger partial charge in [-0.05, 0) is 29.7 Å². The summed E-state index contributed by atoms with van der Waals surface area (Å²) < 4.78 is 23.8. The number of sulfone groups is 1. The minimum atomic E-state index is -3.68. The van der Waals surface area contributed by atoms with Crippen molar-refractivity contribution in [2.45, 2.75) is 11.3 Å². The van der Waals surface area contributed by atoms with Gasteiger partial charge in [0, 0.05) is 19.3 Å². The van der Waals surface area contributed by atoms with Crippen molar-refractivity contribution in [2.24, 2.45) is 0 Å². The Balaban J connectivity index is 1.97. The first-order chi connectivity index (χ1) is 11.9. The molecule has 1 aliphatic rings. The van der Waals surface area contributed by atoms with Crippen LogP contribution in [0.3, 0.4) is 0 Å². The molecule has 0 saturated carbocycles. The highest BCUT2D eigenvalue weighted by molar-refractivity contribution is 7.90. The number of nitrogens with zero attached hydrogens (tertiary/aromatic N) is 2. The third-order valence-electron chi connectivity index (χ3n) is 4.25. The molecular weight excluding hydrogens is 340 g/mol. The average molecular weight is 358 g/mol. The van der Waals surface area contributed by atoms with Crippen molar-refractivity contribution in [1.29, 1.82) is 0 Å². The normalized spacial score (nSPS) is 14.9. The van der Waals surface area contributed by atoms with E-state index < -0.39 is 14.8 Å². The zero-order chi connectivity index (χ0) is 18.0. The van der Waals surface area contributed by atoms with Crippen molar-refractivity contribution < 1.29 is 13.3 Å². The first kappa shape index (κ1) is 17.2. The third kappa shape index (κ3) is 3.56. The summed E-state index contributed by atoms with van der Waals surface area (Å²) >= 11 is 0. The van der Waals surface area contributed by atoms with E-state index in [2.05, 4.69) is 0 Å². The molecule has 2 aromatic rings. The quantitative estimate of drug-likeness (QED) is 0.619. The van der Waals surface area contributed by atoms with Crippen LogP contribution in [0.1, 0.15) is 12.0 Å². The van der Waals surface area contributed by atoms with Crippen LogP contribution in [-0.2, 0) is 9.84 Å². The maximum absolute atomic E-state index is 11.9. The molecule has 0 aromatic heterocycles. The van der Waals surface area contributed by atoms with Gasteiger partial charge < -0.3 is 4.90 Å². The van der Waals surface area contributed by atoms with E-state index in [0.717, 1.165) is 18.2 Å². The summed E-state index contributed by atoms with van der Waals surface area (Å²) in [6.07, 6.45) is 3.77. The van der Waals surface area contributed by atoms with E-state index in [1.165, 1.54) is 11.6 Å². The smallest absolute Gasteiger partial charge is 0.311 e. The molecule has 0 aliphatic carbocycles. The zero-order valence-corrected chi connectivity index (χ0v) is 14.6. The number of nitro benzene ring substituents is 1. The Morgan fingerprint density at radius 3 is 2.36 bits per heavy atom. The summed E-state index contributed by atoms with van der Waals surface area (Å²) in [5, 5.41) is 11.5. The molecule has 0 unspecified atom stereocenters. The van der Waals surface area contributed by atoms with Crippen molar-refractivity contribution in [2.75, 3.05) is 24.2 Å². The predicted octanol–water partition coefficient (Wildman–Crippen LogP) is 3.29. The second kappa shape index (κ2) is 6.68. The number of para-hydroxylation sites is 1. The number of hydrogen-bond acceptors (Lipinski definition) is 5. The van der Waals surface area contributed by atoms with Crippen LogP contribution in [-0.4, -0.2) is 32.7 Å². The van der Waals surface area contributed by atoms with Crippen molar-refractivity contribution in [3.05, 3.63) is 70.3 Å². The van der Waals surface area contributed by atoms with E-state index in [0.29, 0.717) is 18.8 Å². The Bertz CT molecular complexity index is 937. The Morgan fingerprint density at radius 1 is 1.08 bits per heavy atom. The Labute approximate surface area is 146 Å². The van der Waals surface area contributed by atoms with E-state index >= 15 is 0 Å². The number of rotatable bonds is 4. The highest BCUT2D eigenvalue weighted by Crippen LogP contribution is 2.36. The maximum atomic E-state index is 11.9. The SMILES string of the molecule is CS(=O)(=O)c1cccc(N2CC=C(c3ccccc3)CC2)c1[N+](=O)[O-]. The summed E-state index contributed by atoms with van der Waals surface area (Å²) in [5.74, 6) is 0. The summed E-state index contributed by atoms with van der Waals surface area (Å²) in [6, 6.07) is 14.4. The molecule has 0 saturated heterocycles. The van der Waals surface area contributed by atoms with E-state index in [1.54, 1.807) is 12.1 Å². The van der Waals surface area contributed by atoms with Gasteiger partial charge in [-0.1, -0.05) is 42.5 Å². The topological polar surface area (TPSA) is 80.5 Å². The Hall–Kier alpha value is -2.67. The van der Waals surface area contributed by atoms with Crippen LogP contribution >= 0.6 is 0 Å². The average Bonchev–Trinajstić information content (AvgIpc) is 2.61. The van der Waals surface area contributed by atoms with Gasteiger partial charge in [-0.25, -0.2) is 8.42 Å². The molecule has 0 radical (unpaired) electrons. The first-order valence-corrected chi connectivity index (χ1v) is 9.74. The minimum absolute atomic E-state index is 0.243. The fourth-order valence-corrected chi connectivity index (χ4v) is 3.91. The monoisotopic (exact) mass is 358 g/mol. The number of benzene rings is 2. The lowest BCUT2D eigenvalue weighted by atomic mass is 9.99. The standard InChI is InChI=1S/C18H18N2O4S/c1-25(23,24)17-9-5-8-16(18(17)20(21)22)19-12-10-15(11-13-19)14-6-3-2-4-7-14/h2-10H,11-13H2,1H3. The molecule has 130 valence electrons. The van der Waals surface area contributed by atoms with Crippen LogP contribution in [0.25, 0.3) is 5.57 Å². The van der Waals surface area contributed by atoms with Crippen molar-refractivity contribution in [3.63, 3.8) is 0 Å². The molecule has 6 nitrogen and oxygen atoms in total. The molecule has 1 heterocycles. The first-order valence-electron chi connectivity index (χ1n) is 7.85. The maximum Gasteiger partial charge on any atom is 0.311 e. The van der Waals surface area contributed by atoms with Crippen molar-refractivity contribution in [1.82, 2.24) is 0 Å². The molecule has 0 fully saturated rings. The number of hydrogen-bond donors (Lipinski definition) is 0. The van der Waals surface area contributed by atoms with E-state index in [4.69, 9.17) is 0 Å². The highest BCUT2D eigenvalue weighted by atomic mass is 32.2. The fourth-order valence-electron chi connectivity index (χ4n) is 3.05. The molecule has 7 heteroatoms. The van der Waals surface area contributed by atoms with Gasteiger partial charge in [-0.2, -0.15) is 0 Å². The molecule has 1 aliphatic heterocycles. The largest absolute Gasteiger partial charge is 0.362 e. The molecule has 0 bridgehead atoms. The van der Waals surface area contributed by atoms with Crippen LogP contribution in [0.5, 0.6) is 0 Å². The second-order valence-corrected chi connectivity index (χ2v) is 7.93. The molecule has 0 amide bonds. The van der Waals surface area contributed by atoms with E-state index in [1.807, 2.05) is 41.3 Å². The minimum Gasteiger partial charge on any atom is -0.362 e. The van der Waals surface area contributed by atoms with Gasteiger partial charge in [-0.15, -0.1) is 0 Å². The fraction of sp³-hybridized carbons (Fsp3) is 0.222. The molecule has 0 spiro atoms. The molecule has 0 N–H and O–H groups in total. The van der Waals surface area contributed by atoms with Crippen LogP contribution in [0, 0.1) is 10.1 Å². The van der Waals surface area contributed by atoms with E-state index in [-0.39, 0.29) is 10.6 Å². The summed E-state index contributed by atoms with van der Waals surface area (Å²) in [5.41, 5.74) is 2.33. The van der Waals surface area contributed by atoms with E-state index in [9.17, 15) is 18.5 Å². The lowest BCUT2D eigenvalue weighted by Gasteiger charge is -2.28. The highest BCUT2D eigenvalue weighted by Gasteiger charge is 2.29. The summed E-state index contributed by atoms with van der Waals surface area (Å²) in [4.78, 5) is 12.5. The van der Waals surface area contributed by atoms with Gasteiger partial charge >= 0.3 is 5.69 Å². The Kier molecular flexibility index (Phi) is 4.59. The summed E-state index contributed by atoms with van der Waals surface area (Å²) in [7, 11) is -3.68. The predicted molar refractivity (Wildman–Crippen MR) is 97.5 cm³/mol. The van der Waals surface area contributed by atoms with Gasteiger partial charge in [0.15, 0.2) is 9.84 Å². The second-order valence-electron chi connectivity index (χ2n) is 5.94. The molecule has 3 rings (SSSR count). The van der Waals surface area contributed by atoms with Gasteiger partial charge in [0.25, 0.3) is 0 Å². The van der Waals surface area contributed by atoms with Crippen LogP contribution in [0.15, 0.2) is 59.5 Å². The van der Waals surface area contributed by atoms with Crippen LogP contribution < -0.4 is 4.90 Å². The lowest BCUT2D eigenvalue weighted by molar-refractivity contribution is -0.387. The lowest BCUT2D eigenvalue weighted by Crippen LogP contribution is -2.29. The van der Waals surface area contributed by atoms with Crippen molar-refractivity contribution in [3.8, 4) is 0 Å². The van der Waals surface area contributed by atoms with Gasteiger partial charge in [0.2, 0.25) is 0 Å². The number of anilines is 1. The van der Waals surface area contributed by atoms with Gasteiger partial charge in [0.05, 0.1) is 4.92 Å². The van der Waals surface area contributed by atoms with Crippen LogP contribution in [0.2, 0.25) is 0 Å². The molecular formula is C18H18N2O4S. The summed E-state index contributed by atoms with van der Waals surface area (Å²) in [6.45, 7) is 1.09. The molecule has 0 atom stereocenters. The third-order valence-corrected chi connectivity index (χ3v) is 5.38. The zero-order valence-electron chi connectivity index (χ0n) is 13.8. The Morgan fingerprint density at radius 2 is 1.80 bits per heavy atom. The van der Waals surface area contributed by atoms with Crippen LogP contribution in [0.4, 0.5) is 11.4 Å².